The number of hydrogen-bond donors (Lipinski definition) is 2. The van der Waals surface area contributed by atoms with E-state index in [1.807, 2.05) is 37.3 Å². The van der Waals surface area contributed by atoms with Gasteiger partial charge < -0.3 is 11.1 Å². The molecule has 21 heavy (non-hydrogen) atoms. The Morgan fingerprint density at radius 1 is 1.29 bits per heavy atom. The topological polar surface area (TPSA) is 55.1 Å². The fourth-order valence-corrected chi connectivity index (χ4v) is 3.36. The van der Waals surface area contributed by atoms with E-state index in [1.54, 1.807) is 0 Å². The summed E-state index contributed by atoms with van der Waals surface area (Å²) in [5.41, 5.74) is 9.54. The summed E-state index contributed by atoms with van der Waals surface area (Å²) in [6, 6.07) is 14.0. The lowest BCUT2D eigenvalue weighted by molar-refractivity contribution is -0.117. The van der Waals surface area contributed by atoms with Crippen molar-refractivity contribution in [1.29, 1.82) is 0 Å². The molecule has 0 bridgehead atoms. The van der Waals surface area contributed by atoms with Gasteiger partial charge in [0.15, 0.2) is 0 Å². The van der Waals surface area contributed by atoms with Crippen molar-refractivity contribution in [3.63, 3.8) is 0 Å². The van der Waals surface area contributed by atoms with Gasteiger partial charge in [-0.25, -0.2) is 0 Å². The van der Waals surface area contributed by atoms with E-state index >= 15 is 0 Å². The highest BCUT2D eigenvalue weighted by atomic mass is 79.9. The van der Waals surface area contributed by atoms with Gasteiger partial charge in [-0.05, 0) is 58.5 Å². The number of nitrogen functional groups attached to an aromatic ring is 1. The van der Waals surface area contributed by atoms with Crippen LogP contribution in [0.25, 0.3) is 0 Å². The molecule has 0 radical (unpaired) electrons. The Hall–Kier alpha value is -1.81. The third kappa shape index (κ3) is 2.95. The molecule has 0 aromatic heterocycles. The summed E-state index contributed by atoms with van der Waals surface area (Å²) in [5, 5.41) is 2.96. The molecule has 2 unspecified atom stereocenters. The van der Waals surface area contributed by atoms with Crippen molar-refractivity contribution in [2.75, 3.05) is 11.1 Å². The number of amides is 1. The maximum Gasteiger partial charge on any atom is 0.228 e. The fraction of sp³-hybridized carbons (Fsp3) is 0.235. The Morgan fingerprint density at radius 2 is 2.00 bits per heavy atom. The quantitative estimate of drug-likeness (QED) is 0.824. The van der Waals surface area contributed by atoms with Crippen molar-refractivity contribution < 1.29 is 4.79 Å². The van der Waals surface area contributed by atoms with Crippen LogP contribution in [0.3, 0.4) is 0 Å². The van der Waals surface area contributed by atoms with Crippen LogP contribution >= 0.6 is 15.9 Å². The molecule has 108 valence electrons. The van der Waals surface area contributed by atoms with Gasteiger partial charge in [0.05, 0.1) is 11.4 Å². The second-order valence-electron chi connectivity index (χ2n) is 5.56. The molecule has 2 atom stereocenters. The molecule has 1 aliphatic rings. The van der Waals surface area contributed by atoms with E-state index < -0.39 is 0 Å². The number of benzene rings is 2. The number of anilines is 2. The Labute approximate surface area is 132 Å². The van der Waals surface area contributed by atoms with Crippen LogP contribution in [0.1, 0.15) is 23.5 Å². The molecular weight excluding hydrogens is 328 g/mol. The van der Waals surface area contributed by atoms with Gasteiger partial charge in [-0.15, -0.1) is 0 Å². The Bertz CT molecular complexity index is 661. The number of carbonyl (C=O) groups excluding carboxylic acids is 1. The van der Waals surface area contributed by atoms with E-state index in [-0.39, 0.29) is 11.8 Å². The molecule has 1 fully saturated rings. The lowest BCUT2D eigenvalue weighted by atomic mass is 10.1. The summed E-state index contributed by atoms with van der Waals surface area (Å²) in [6.07, 6.45) is 0.902. The van der Waals surface area contributed by atoms with E-state index in [9.17, 15) is 4.79 Å². The van der Waals surface area contributed by atoms with Crippen LogP contribution in [0.4, 0.5) is 11.4 Å². The first-order valence-electron chi connectivity index (χ1n) is 6.97. The van der Waals surface area contributed by atoms with Gasteiger partial charge in [0.2, 0.25) is 5.91 Å². The Balaban J connectivity index is 1.72. The second kappa shape index (κ2) is 5.53. The maximum atomic E-state index is 12.4. The molecule has 0 heterocycles. The predicted molar refractivity (Wildman–Crippen MR) is 89.2 cm³/mol. The Kier molecular flexibility index (Phi) is 3.72. The molecule has 3 nitrogen and oxygen atoms in total. The lowest BCUT2D eigenvalue weighted by Crippen LogP contribution is -2.16. The first-order chi connectivity index (χ1) is 10.1. The largest absolute Gasteiger partial charge is 0.397 e. The minimum absolute atomic E-state index is 0.0417. The number of halogens is 1. The maximum absolute atomic E-state index is 12.4. The van der Waals surface area contributed by atoms with Gasteiger partial charge >= 0.3 is 0 Å². The second-order valence-corrected chi connectivity index (χ2v) is 6.41. The summed E-state index contributed by atoms with van der Waals surface area (Å²) in [6.45, 7) is 1.97. The molecule has 0 spiro atoms. The Morgan fingerprint density at radius 3 is 2.67 bits per heavy atom. The molecule has 1 amide bonds. The molecule has 1 aliphatic carbocycles. The zero-order valence-electron chi connectivity index (χ0n) is 11.8. The van der Waals surface area contributed by atoms with Crippen molar-refractivity contribution in [3.8, 4) is 0 Å². The summed E-state index contributed by atoms with van der Waals surface area (Å²) in [7, 11) is 0. The smallest absolute Gasteiger partial charge is 0.228 e. The fourth-order valence-electron chi connectivity index (χ4n) is 2.67. The van der Waals surface area contributed by atoms with E-state index in [4.69, 9.17) is 5.73 Å². The van der Waals surface area contributed by atoms with Gasteiger partial charge in [-0.1, -0.05) is 30.3 Å². The SMILES string of the molecule is Cc1cc(N)c(NC(=O)C2CC2c2ccccc2)c(Br)c1. The van der Waals surface area contributed by atoms with Crippen LogP contribution < -0.4 is 11.1 Å². The van der Waals surface area contributed by atoms with Gasteiger partial charge in [0, 0.05) is 10.4 Å². The number of aryl methyl sites for hydroxylation is 1. The minimum atomic E-state index is 0.0417. The van der Waals surface area contributed by atoms with Gasteiger partial charge in [0.1, 0.15) is 0 Å². The number of carbonyl (C=O) groups is 1. The van der Waals surface area contributed by atoms with Gasteiger partial charge in [0.25, 0.3) is 0 Å². The van der Waals surface area contributed by atoms with Crippen LogP contribution in [0.2, 0.25) is 0 Å². The summed E-state index contributed by atoms with van der Waals surface area (Å²) in [4.78, 5) is 12.4. The zero-order valence-corrected chi connectivity index (χ0v) is 13.4. The van der Waals surface area contributed by atoms with Crippen LogP contribution in [0.15, 0.2) is 46.9 Å². The number of nitrogens with two attached hydrogens (primary N) is 1. The van der Waals surface area contributed by atoms with Crippen LogP contribution in [-0.4, -0.2) is 5.91 Å². The third-order valence-electron chi connectivity index (χ3n) is 3.87. The molecule has 2 aromatic carbocycles. The molecule has 1 saturated carbocycles. The zero-order chi connectivity index (χ0) is 15.0. The average molecular weight is 345 g/mol. The summed E-state index contributed by atoms with van der Waals surface area (Å²) < 4.78 is 0.824. The summed E-state index contributed by atoms with van der Waals surface area (Å²) >= 11 is 3.46. The minimum Gasteiger partial charge on any atom is -0.397 e. The molecule has 2 aromatic rings. The van der Waals surface area contributed by atoms with Crippen molar-refractivity contribution in [1.82, 2.24) is 0 Å². The van der Waals surface area contributed by atoms with Crippen molar-refractivity contribution in [3.05, 3.63) is 58.1 Å². The van der Waals surface area contributed by atoms with Crippen molar-refractivity contribution in [2.45, 2.75) is 19.3 Å². The van der Waals surface area contributed by atoms with Gasteiger partial charge in [-0.3, -0.25) is 4.79 Å². The number of rotatable bonds is 3. The van der Waals surface area contributed by atoms with Crippen molar-refractivity contribution in [2.24, 2.45) is 5.92 Å². The number of hydrogen-bond acceptors (Lipinski definition) is 2. The first kappa shape index (κ1) is 14.1. The lowest BCUT2D eigenvalue weighted by Gasteiger charge is -2.11. The van der Waals surface area contributed by atoms with Crippen molar-refractivity contribution >= 4 is 33.2 Å². The van der Waals surface area contributed by atoms with E-state index in [2.05, 4.69) is 33.4 Å². The van der Waals surface area contributed by atoms with Crippen LogP contribution in [0.5, 0.6) is 0 Å². The standard InChI is InChI=1S/C17H17BrN2O/c1-10-7-14(18)16(15(19)8-10)20-17(21)13-9-12(13)11-5-3-2-4-6-11/h2-8,12-13H,9,19H2,1H3,(H,20,21). The normalized spacial score (nSPS) is 20.1. The molecule has 4 heteroatoms. The van der Waals surface area contributed by atoms with Gasteiger partial charge in [-0.2, -0.15) is 0 Å². The molecule has 0 aliphatic heterocycles. The van der Waals surface area contributed by atoms with E-state index in [0.29, 0.717) is 17.3 Å². The highest BCUT2D eigenvalue weighted by Crippen LogP contribution is 2.48. The molecule has 3 rings (SSSR count). The highest BCUT2D eigenvalue weighted by molar-refractivity contribution is 9.10. The van der Waals surface area contributed by atoms with E-state index in [0.717, 1.165) is 16.5 Å². The van der Waals surface area contributed by atoms with Crippen LogP contribution in [-0.2, 0) is 4.79 Å². The highest BCUT2D eigenvalue weighted by Gasteiger charge is 2.44. The molecule has 0 saturated heterocycles. The predicted octanol–water partition coefficient (Wildman–Crippen LogP) is 4.08. The molecular formula is C17H17BrN2O. The summed E-state index contributed by atoms with van der Waals surface area (Å²) in [5.74, 6) is 0.414. The first-order valence-corrected chi connectivity index (χ1v) is 7.77. The third-order valence-corrected chi connectivity index (χ3v) is 4.49. The van der Waals surface area contributed by atoms with E-state index in [1.165, 1.54) is 5.56 Å². The molecule has 3 N–H and O–H groups in total. The monoisotopic (exact) mass is 344 g/mol. The number of nitrogens with one attached hydrogen (secondary N) is 1. The van der Waals surface area contributed by atoms with Crippen LogP contribution in [0, 0.1) is 12.8 Å². The average Bonchev–Trinajstić information content (AvgIpc) is 3.24.